The van der Waals surface area contributed by atoms with Crippen molar-refractivity contribution in [2.24, 2.45) is 0 Å². The van der Waals surface area contributed by atoms with Crippen LogP contribution in [0.3, 0.4) is 0 Å². The van der Waals surface area contributed by atoms with Gasteiger partial charge in [-0.05, 0) is 62.5 Å². The molecule has 1 N–H and O–H groups in total. The van der Waals surface area contributed by atoms with E-state index in [-0.39, 0.29) is 6.10 Å². The maximum absolute atomic E-state index is 13.5. The Balaban J connectivity index is 2.27. The zero-order valence-corrected chi connectivity index (χ0v) is 18.2. The molecule has 2 aromatic carbocycles. The lowest BCUT2D eigenvalue weighted by molar-refractivity contribution is -0.148. The summed E-state index contributed by atoms with van der Waals surface area (Å²) in [5.41, 5.74) is 0. The molecule has 2 rings (SSSR count). The summed E-state index contributed by atoms with van der Waals surface area (Å²) >= 11 is 13.0. The molecule has 2 atom stereocenters. The van der Waals surface area contributed by atoms with Crippen molar-refractivity contribution in [2.75, 3.05) is 0 Å². The third kappa shape index (κ3) is 7.40. The van der Waals surface area contributed by atoms with Crippen molar-refractivity contribution in [1.29, 1.82) is 0 Å². The van der Waals surface area contributed by atoms with E-state index < -0.39 is 18.7 Å². The summed E-state index contributed by atoms with van der Waals surface area (Å²) in [5.74, 6) is -0.120. The van der Waals surface area contributed by atoms with Gasteiger partial charge in [-0.2, -0.15) is 0 Å². The SMILES string of the molecule is CC(C)OC(=O)[C@H](C)N[P@](=O)(Oc1ccccc1)Sc1cc(Cl)cc(Cl)c1. The van der Waals surface area contributed by atoms with E-state index in [9.17, 15) is 9.36 Å². The van der Waals surface area contributed by atoms with Crippen LogP contribution in [-0.4, -0.2) is 18.1 Å². The van der Waals surface area contributed by atoms with Gasteiger partial charge in [0.05, 0.1) is 6.10 Å². The highest BCUT2D eigenvalue weighted by atomic mass is 35.5. The number of ether oxygens (including phenoxy) is 1. The van der Waals surface area contributed by atoms with Crippen LogP contribution in [0.2, 0.25) is 10.0 Å². The topological polar surface area (TPSA) is 64.6 Å². The number of carbonyl (C=O) groups excluding carboxylic acids is 1. The highest BCUT2D eigenvalue weighted by Gasteiger charge is 2.32. The summed E-state index contributed by atoms with van der Waals surface area (Å²) in [6, 6.07) is 12.7. The third-order valence-corrected chi connectivity index (χ3v) is 7.26. The van der Waals surface area contributed by atoms with Gasteiger partial charge in [-0.15, -0.1) is 0 Å². The second-order valence-corrected chi connectivity index (χ2v) is 10.9. The summed E-state index contributed by atoms with van der Waals surface area (Å²) in [4.78, 5) is 12.7. The first-order valence-corrected chi connectivity index (χ1v) is 12.0. The number of nitrogens with one attached hydrogen (secondary N) is 1. The van der Waals surface area contributed by atoms with Crippen molar-refractivity contribution in [2.45, 2.75) is 37.8 Å². The Labute approximate surface area is 173 Å². The highest BCUT2D eigenvalue weighted by Crippen LogP contribution is 2.59. The number of benzene rings is 2. The molecule has 9 heteroatoms. The maximum atomic E-state index is 13.5. The van der Waals surface area contributed by atoms with E-state index in [1.54, 1.807) is 63.2 Å². The van der Waals surface area contributed by atoms with E-state index in [1.807, 2.05) is 6.07 Å². The molecular formula is C18H20Cl2NO4PS. The first-order valence-electron chi connectivity index (χ1n) is 8.15. The normalized spacial score (nSPS) is 14.4. The molecule has 0 saturated carbocycles. The first-order chi connectivity index (χ1) is 12.7. The smallest absolute Gasteiger partial charge is 0.379 e. The molecule has 0 unspecified atom stereocenters. The second kappa shape index (κ2) is 9.85. The van der Waals surface area contributed by atoms with E-state index >= 15 is 0 Å². The molecule has 0 heterocycles. The van der Waals surface area contributed by atoms with Gasteiger partial charge in [-0.25, -0.2) is 9.65 Å². The number of carbonyl (C=O) groups is 1. The fraction of sp³-hybridized carbons (Fsp3) is 0.278. The van der Waals surface area contributed by atoms with Gasteiger partial charge in [0.15, 0.2) is 0 Å². The van der Waals surface area contributed by atoms with E-state index in [2.05, 4.69) is 5.09 Å². The predicted molar refractivity (Wildman–Crippen MR) is 111 cm³/mol. The average molecular weight is 448 g/mol. The Bertz CT molecular complexity index is 815. The second-order valence-electron chi connectivity index (χ2n) is 5.93. The minimum atomic E-state index is -3.61. The van der Waals surface area contributed by atoms with Crippen LogP contribution in [0, 0.1) is 0 Å². The highest BCUT2D eigenvalue weighted by molar-refractivity contribution is 8.56. The molecule has 0 spiro atoms. The number of hydrogen-bond donors (Lipinski definition) is 1. The molecule has 0 saturated heterocycles. The number of para-hydroxylation sites is 1. The largest absolute Gasteiger partial charge is 0.462 e. The van der Waals surface area contributed by atoms with Crippen molar-refractivity contribution >= 4 is 47.3 Å². The van der Waals surface area contributed by atoms with Crippen LogP contribution in [0.1, 0.15) is 20.8 Å². The van der Waals surface area contributed by atoms with Crippen LogP contribution in [-0.2, 0) is 14.1 Å². The molecule has 146 valence electrons. The average Bonchev–Trinajstić information content (AvgIpc) is 2.53. The van der Waals surface area contributed by atoms with Crippen molar-refractivity contribution in [3.63, 3.8) is 0 Å². The zero-order chi connectivity index (χ0) is 20.0. The summed E-state index contributed by atoms with van der Waals surface area (Å²) in [5, 5.41) is 3.58. The Hall–Kier alpha value is -1.17. The van der Waals surface area contributed by atoms with Gasteiger partial charge in [-0.1, -0.05) is 41.4 Å². The van der Waals surface area contributed by atoms with Crippen LogP contribution < -0.4 is 9.61 Å². The molecule has 0 aliphatic rings. The van der Waals surface area contributed by atoms with E-state index in [4.69, 9.17) is 32.5 Å². The zero-order valence-electron chi connectivity index (χ0n) is 15.0. The maximum Gasteiger partial charge on any atom is 0.379 e. The van der Waals surface area contributed by atoms with Gasteiger partial charge in [-0.3, -0.25) is 4.79 Å². The molecule has 2 aromatic rings. The van der Waals surface area contributed by atoms with Crippen LogP contribution in [0.15, 0.2) is 53.4 Å². The number of halogens is 2. The molecule has 0 aromatic heterocycles. The van der Waals surface area contributed by atoms with Gasteiger partial charge in [0.1, 0.15) is 11.8 Å². The molecule has 0 bridgehead atoms. The standard InChI is InChI=1S/C18H20Cl2NO4PS/c1-12(2)24-18(22)13(3)21-26(23,25-16-7-5-4-6-8-16)27-17-10-14(19)9-15(20)11-17/h4-13H,1-3H3,(H,21,23)/t13-,26-/m0/s1. The molecule has 27 heavy (non-hydrogen) atoms. The van der Waals surface area contributed by atoms with E-state index in [1.165, 1.54) is 0 Å². The lowest BCUT2D eigenvalue weighted by atomic mass is 10.3. The fourth-order valence-electron chi connectivity index (χ4n) is 2.04. The monoisotopic (exact) mass is 447 g/mol. The minimum Gasteiger partial charge on any atom is -0.462 e. The van der Waals surface area contributed by atoms with Crippen molar-refractivity contribution < 1.29 is 18.6 Å². The Kier molecular flexibility index (Phi) is 8.07. The van der Waals surface area contributed by atoms with Crippen LogP contribution in [0.4, 0.5) is 0 Å². The van der Waals surface area contributed by atoms with Gasteiger partial charge in [0, 0.05) is 14.9 Å². The Morgan fingerprint density at radius 3 is 2.22 bits per heavy atom. The molecule has 0 amide bonds. The first kappa shape index (κ1) is 22.1. The van der Waals surface area contributed by atoms with Crippen molar-refractivity contribution in [1.82, 2.24) is 5.09 Å². The van der Waals surface area contributed by atoms with Gasteiger partial charge < -0.3 is 9.26 Å². The fourth-order valence-corrected chi connectivity index (χ4v) is 6.60. The summed E-state index contributed by atoms with van der Waals surface area (Å²) in [6.45, 7) is 1.45. The van der Waals surface area contributed by atoms with Crippen molar-refractivity contribution in [3.05, 3.63) is 58.6 Å². The van der Waals surface area contributed by atoms with Gasteiger partial charge in [0.2, 0.25) is 0 Å². The number of rotatable bonds is 8. The Morgan fingerprint density at radius 2 is 1.67 bits per heavy atom. The number of esters is 1. The predicted octanol–water partition coefficient (Wildman–Crippen LogP) is 6.20. The molecule has 0 aliphatic heterocycles. The van der Waals surface area contributed by atoms with E-state index in [0.29, 0.717) is 20.7 Å². The summed E-state index contributed by atoms with van der Waals surface area (Å²) in [6.07, 6.45) is -0.282. The summed E-state index contributed by atoms with van der Waals surface area (Å²) in [7, 11) is 0. The summed E-state index contributed by atoms with van der Waals surface area (Å²) < 4.78 is 24.4. The van der Waals surface area contributed by atoms with Gasteiger partial charge in [0.25, 0.3) is 0 Å². The lowest BCUT2D eigenvalue weighted by Crippen LogP contribution is -2.35. The van der Waals surface area contributed by atoms with Crippen LogP contribution in [0.25, 0.3) is 0 Å². The lowest BCUT2D eigenvalue weighted by Gasteiger charge is -2.23. The van der Waals surface area contributed by atoms with Crippen LogP contribution >= 0.6 is 41.3 Å². The molecule has 0 radical (unpaired) electrons. The van der Waals surface area contributed by atoms with Gasteiger partial charge >= 0.3 is 12.7 Å². The van der Waals surface area contributed by atoms with E-state index in [0.717, 1.165) is 11.4 Å². The van der Waals surface area contributed by atoms with Crippen LogP contribution in [0.5, 0.6) is 5.75 Å². The molecule has 0 fully saturated rings. The number of hydrogen-bond acceptors (Lipinski definition) is 5. The quantitative estimate of drug-likeness (QED) is 0.383. The third-order valence-electron chi connectivity index (χ3n) is 3.09. The molecule has 5 nitrogen and oxygen atoms in total. The van der Waals surface area contributed by atoms with Crippen molar-refractivity contribution in [3.8, 4) is 5.75 Å². The Morgan fingerprint density at radius 1 is 1.07 bits per heavy atom. The molecule has 0 aliphatic carbocycles. The molecular weight excluding hydrogens is 428 g/mol. The minimum absolute atomic E-state index is 0.282.